The Bertz CT molecular complexity index is 1480. The third kappa shape index (κ3) is 7.54. The molecular weight excluding hydrogens is 677 g/mol. The van der Waals surface area contributed by atoms with Gasteiger partial charge in [0.05, 0.1) is 6.61 Å². The minimum absolute atomic E-state index is 0.0529. The Morgan fingerprint density at radius 1 is 0.913 bits per heavy atom. The standard InChI is InChI=1S/C33H32Cl3NO8S/c1-2-46-30-26(37-31(38)42-18-33(34,35)36)28(27-25(43-30)17-40-29(44-27)19-10-4-3-5-11-19)45-32(39)41-16-24-22-14-8-6-12-20(22)21-13-7-9-15-23(21)24/h3-15,24-30H,2,16-18H2,1H3,(H,37,38)/t25-,26-,27-,28-,29-,30-/m1/s1. The lowest BCUT2D eigenvalue weighted by Gasteiger charge is -2.48. The minimum atomic E-state index is -1.81. The Hall–Kier alpha value is -2.70. The van der Waals surface area contributed by atoms with E-state index in [1.807, 2.05) is 73.7 Å². The number of hydrogen-bond acceptors (Lipinski definition) is 9. The van der Waals surface area contributed by atoms with E-state index in [2.05, 4.69) is 17.4 Å². The largest absolute Gasteiger partial charge is 0.508 e. The second-order valence-electron chi connectivity index (χ2n) is 10.9. The van der Waals surface area contributed by atoms with Gasteiger partial charge in [0, 0.05) is 11.5 Å². The van der Waals surface area contributed by atoms with E-state index in [0.717, 1.165) is 27.8 Å². The van der Waals surface area contributed by atoms with E-state index in [0.29, 0.717) is 5.75 Å². The quantitative estimate of drug-likeness (QED) is 0.190. The second-order valence-corrected chi connectivity index (χ2v) is 14.8. The SMILES string of the molecule is CCS[C@H]1O[C@@H]2CO[C@@H](c3ccccc3)O[C@H]2[C@H](OC(=O)OCC2c3ccccc3-c3ccccc32)[C@H]1NC(=O)OCC(Cl)(Cl)Cl. The molecule has 13 heteroatoms. The number of alkyl carbamates (subject to hydrolysis) is 1. The molecule has 1 amide bonds. The fourth-order valence-electron chi connectivity index (χ4n) is 6.01. The monoisotopic (exact) mass is 707 g/mol. The van der Waals surface area contributed by atoms with Crippen molar-refractivity contribution in [1.29, 1.82) is 0 Å². The lowest BCUT2D eigenvalue weighted by molar-refractivity contribution is -0.307. The minimum Gasteiger partial charge on any atom is -0.445 e. The number of halogens is 3. The van der Waals surface area contributed by atoms with E-state index >= 15 is 0 Å². The molecule has 0 bridgehead atoms. The molecule has 9 nitrogen and oxygen atoms in total. The molecule has 244 valence electrons. The maximum Gasteiger partial charge on any atom is 0.508 e. The van der Waals surface area contributed by atoms with Gasteiger partial charge >= 0.3 is 12.2 Å². The number of hydrogen-bond donors (Lipinski definition) is 1. The maximum atomic E-state index is 13.5. The smallest absolute Gasteiger partial charge is 0.445 e. The zero-order chi connectivity index (χ0) is 32.3. The number of carbonyl (C=O) groups is 2. The van der Waals surface area contributed by atoms with Gasteiger partial charge in [-0.2, -0.15) is 0 Å². The van der Waals surface area contributed by atoms with E-state index in [1.54, 1.807) is 0 Å². The number of ether oxygens (including phenoxy) is 6. The molecule has 1 aliphatic carbocycles. The number of rotatable bonds is 8. The van der Waals surface area contributed by atoms with Gasteiger partial charge in [0.1, 0.15) is 36.9 Å². The van der Waals surface area contributed by atoms with Crippen LogP contribution >= 0.6 is 46.6 Å². The summed E-state index contributed by atoms with van der Waals surface area (Å²) >= 11 is 18.8. The van der Waals surface area contributed by atoms with Gasteiger partial charge in [-0.25, -0.2) is 9.59 Å². The molecule has 2 aliphatic heterocycles. The summed E-state index contributed by atoms with van der Waals surface area (Å²) in [4.78, 5) is 26.4. The lowest BCUT2D eigenvalue weighted by Crippen LogP contribution is -2.66. The van der Waals surface area contributed by atoms with Gasteiger partial charge in [0.25, 0.3) is 0 Å². The third-order valence-electron chi connectivity index (χ3n) is 7.96. The molecule has 0 aromatic heterocycles. The first-order valence-electron chi connectivity index (χ1n) is 14.8. The van der Waals surface area contributed by atoms with Crippen molar-refractivity contribution < 1.29 is 38.0 Å². The molecule has 1 N–H and O–H groups in total. The number of fused-ring (bicyclic) bond motifs is 4. The van der Waals surface area contributed by atoms with Crippen molar-refractivity contribution in [1.82, 2.24) is 5.32 Å². The summed E-state index contributed by atoms with van der Waals surface area (Å²) in [7, 11) is 0. The van der Waals surface area contributed by atoms with Crippen LogP contribution in [0.4, 0.5) is 9.59 Å². The van der Waals surface area contributed by atoms with Crippen molar-refractivity contribution in [3.05, 3.63) is 95.6 Å². The van der Waals surface area contributed by atoms with Gasteiger partial charge in [-0.1, -0.05) is 121 Å². The normalized spacial score (nSPS) is 25.5. The molecule has 0 saturated carbocycles. The van der Waals surface area contributed by atoms with Gasteiger partial charge in [0.15, 0.2) is 12.4 Å². The fourth-order valence-corrected chi connectivity index (χ4v) is 7.16. The topological polar surface area (TPSA) is 102 Å². The third-order valence-corrected chi connectivity index (χ3v) is 9.35. The molecule has 3 aromatic rings. The number of amides is 1. The first-order chi connectivity index (χ1) is 22.2. The summed E-state index contributed by atoms with van der Waals surface area (Å²) < 4.78 is 33.9. The van der Waals surface area contributed by atoms with Crippen LogP contribution < -0.4 is 5.32 Å². The molecule has 0 spiro atoms. The molecule has 6 atom stereocenters. The number of alkyl halides is 3. The van der Waals surface area contributed by atoms with Crippen LogP contribution in [0.5, 0.6) is 0 Å². The van der Waals surface area contributed by atoms with Crippen molar-refractivity contribution in [2.24, 2.45) is 0 Å². The molecule has 2 fully saturated rings. The van der Waals surface area contributed by atoms with Gasteiger partial charge in [0.2, 0.25) is 3.79 Å². The highest BCUT2D eigenvalue weighted by atomic mass is 35.6. The second kappa shape index (κ2) is 14.6. The first kappa shape index (κ1) is 33.2. The predicted molar refractivity (Wildman–Crippen MR) is 175 cm³/mol. The van der Waals surface area contributed by atoms with E-state index in [-0.39, 0.29) is 19.1 Å². The lowest BCUT2D eigenvalue weighted by atomic mass is 9.96. The van der Waals surface area contributed by atoms with E-state index in [1.165, 1.54) is 11.8 Å². The van der Waals surface area contributed by atoms with Gasteiger partial charge in [-0.3, -0.25) is 0 Å². The average Bonchev–Trinajstić information content (AvgIpc) is 3.38. The zero-order valence-corrected chi connectivity index (χ0v) is 27.8. The van der Waals surface area contributed by atoms with Gasteiger partial charge < -0.3 is 33.7 Å². The van der Waals surface area contributed by atoms with Crippen LogP contribution in [0.3, 0.4) is 0 Å². The van der Waals surface area contributed by atoms with Gasteiger partial charge in [-0.05, 0) is 28.0 Å². The highest BCUT2D eigenvalue weighted by Crippen LogP contribution is 2.45. The average molecular weight is 709 g/mol. The van der Waals surface area contributed by atoms with Crippen LogP contribution in [0.15, 0.2) is 78.9 Å². The molecular formula is C33H32Cl3NO8S. The number of benzene rings is 3. The van der Waals surface area contributed by atoms with Crippen LogP contribution in [-0.2, 0) is 28.4 Å². The number of thioether (sulfide) groups is 1. The van der Waals surface area contributed by atoms with Crippen LogP contribution in [-0.4, -0.2) is 71.4 Å². The highest BCUT2D eigenvalue weighted by molar-refractivity contribution is 7.99. The van der Waals surface area contributed by atoms with E-state index < -0.39 is 58.7 Å². The first-order valence-corrected chi connectivity index (χ1v) is 17.0. The van der Waals surface area contributed by atoms with Crippen molar-refractivity contribution >= 4 is 58.8 Å². The van der Waals surface area contributed by atoms with Crippen LogP contribution in [0.2, 0.25) is 0 Å². The highest BCUT2D eigenvalue weighted by Gasteiger charge is 2.53. The Kier molecular flexibility index (Phi) is 10.5. The molecule has 3 aliphatic rings. The molecule has 2 saturated heterocycles. The van der Waals surface area contributed by atoms with Crippen molar-refractivity contribution in [3.8, 4) is 11.1 Å². The van der Waals surface area contributed by atoms with E-state index in [9.17, 15) is 9.59 Å². The summed E-state index contributed by atoms with van der Waals surface area (Å²) in [6.07, 6.45) is -5.04. The van der Waals surface area contributed by atoms with Crippen LogP contribution in [0.25, 0.3) is 11.1 Å². The Balaban J connectivity index is 1.23. The van der Waals surface area contributed by atoms with E-state index in [4.69, 9.17) is 63.2 Å². The zero-order valence-electron chi connectivity index (χ0n) is 24.7. The summed E-state index contributed by atoms with van der Waals surface area (Å²) in [5.41, 5.74) is 4.46. The van der Waals surface area contributed by atoms with Crippen molar-refractivity contribution in [2.75, 3.05) is 25.6 Å². The molecule has 2 heterocycles. The molecule has 6 rings (SSSR count). The fraction of sp³-hybridized carbons (Fsp3) is 0.394. The Morgan fingerprint density at radius 3 is 2.22 bits per heavy atom. The predicted octanol–water partition coefficient (Wildman–Crippen LogP) is 7.38. The Morgan fingerprint density at radius 2 is 1.57 bits per heavy atom. The number of nitrogens with one attached hydrogen (secondary N) is 1. The molecule has 0 radical (unpaired) electrons. The number of carbonyl (C=O) groups excluding carboxylic acids is 2. The molecule has 0 unspecified atom stereocenters. The molecule has 46 heavy (non-hydrogen) atoms. The van der Waals surface area contributed by atoms with Crippen molar-refractivity contribution in [3.63, 3.8) is 0 Å². The molecule has 3 aromatic carbocycles. The summed E-state index contributed by atoms with van der Waals surface area (Å²) in [5, 5.41) is 2.76. The van der Waals surface area contributed by atoms with Crippen LogP contribution in [0, 0.1) is 0 Å². The van der Waals surface area contributed by atoms with Crippen LogP contribution in [0.1, 0.15) is 35.8 Å². The van der Waals surface area contributed by atoms with Gasteiger partial charge in [-0.15, -0.1) is 11.8 Å². The van der Waals surface area contributed by atoms with Crippen molar-refractivity contribution in [2.45, 2.75) is 52.7 Å². The maximum absolute atomic E-state index is 13.5. The summed E-state index contributed by atoms with van der Waals surface area (Å²) in [6, 6.07) is 24.5. The summed E-state index contributed by atoms with van der Waals surface area (Å²) in [6.45, 7) is 1.67. The summed E-state index contributed by atoms with van der Waals surface area (Å²) in [5.74, 6) is 0.466. The Labute approximate surface area is 286 Å².